The van der Waals surface area contributed by atoms with E-state index in [9.17, 15) is 14.4 Å². The Balaban J connectivity index is 3.01. The average Bonchev–Trinajstić information content (AvgIpc) is 2.45. The highest BCUT2D eigenvalue weighted by Crippen LogP contribution is 2.23. The number of rotatable bonds is 7. The van der Waals surface area contributed by atoms with E-state index in [4.69, 9.17) is 20.3 Å². The average molecular weight is 296 g/mol. The minimum absolute atomic E-state index is 0.0903. The molecule has 0 fully saturated rings. The molecular formula is C13H16N2O6. The molecule has 0 aliphatic carbocycles. The summed E-state index contributed by atoms with van der Waals surface area (Å²) in [5.74, 6) is -2.25. The molecule has 1 aromatic carbocycles. The van der Waals surface area contributed by atoms with E-state index in [1.165, 1.54) is 26.4 Å². The molecular weight excluding hydrogens is 280 g/mol. The van der Waals surface area contributed by atoms with E-state index in [1.54, 1.807) is 6.07 Å². The zero-order chi connectivity index (χ0) is 16.0. The number of carbonyl (C=O) groups excluding carboxylic acids is 2. The van der Waals surface area contributed by atoms with Gasteiger partial charge in [0.25, 0.3) is 5.91 Å². The van der Waals surface area contributed by atoms with Crippen LogP contribution in [0, 0.1) is 0 Å². The van der Waals surface area contributed by atoms with Crippen molar-refractivity contribution in [3.8, 4) is 11.5 Å². The third-order valence-corrected chi connectivity index (χ3v) is 2.66. The first-order valence-corrected chi connectivity index (χ1v) is 5.93. The molecule has 0 spiro atoms. The van der Waals surface area contributed by atoms with Crippen LogP contribution in [0.5, 0.6) is 11.5 Å². The number of benzene rings is 1. The molecule has 0 radical (unpaired) electrons. The van der Waals surface area contributed by atoms with Crippen molar-refractivity contribution in [2.75, 3.05) is 14.2 Å². The molecule has 0 heterocycles. The summed E-state index contributed by atoms with van der Waals surface area (Å²) in [7, 11) is 2.80. The maximum atomic E-state index is 12.1. The fourth-order valence-electron chi connectivity index (χ4n) is 1.63. The van der Waals surface area contributed by atoms with Crippen LogP contribution in [0.2, 0.25) is 0 Å². The second-order valence-corrected chi connectivity index (χ2v) is 4.10. The lowest BCUT2D eigenvalue weighted by Gasteiger charge is -2.15. The quantitative estimate of drug-likeness (QED) is 0.637. The first kappa shape index (κ1) is 16.3. The molecule has 0 unspecified atom stereocenters. The Morgan fingerprint density at radius 3 is 2.43 bits per heavy atom. The number of carboxylic acids is 1. The zero-order valence-electron chi connectivity index (χ0n) is 11.6. The highest BCUT2D eigenvalue weighted by atomic mass is 16.5. The number of carboxylic acid groups (broad SMARTS) is 1. The van der Waals surface area contributed by atoms with Crippen LogP contribution in [0.4, 0.5) is 0 Å². The molecule has 21 heavy (non-hydrogen) atoms. The molecule has 0 aromatic heterocycles. The van der Waals surface area contributed by atoms with Crippen molar-refractivity contribution in [2.45, 2.75) is 12.5 Å². The van der Waals surface area contributed by atoms with Crippen LogP contribution in [0.1, 0.15) is 16.8 Å². The number of aliphatic carboxylic acids is 1. The van der Waals surface area contributed by atoms with Gasteiger partial charge in [0.05, 0.1) is 26.2 Å². The van der Waals surface area contributed by atoms with Crippen LogP contribution < -0.4 is 20.5 Å². The molecule has 0 saturated carbocycles. The Bertz CT molecular complexity index is 558. The lowest BCUT2D eigenvalue weighted by atomic mass is 10.1. The molecule has 1 aromatic rings. The van der Waals surface area contributed by atoms with Crippen molar-refractivity contribution in [1.82, 2.24) is 5.32 Å². The van der Waals surface area contributed by atoms with Gasteiger partial charge in [0.1, 0.15) is 17.5 Å². The Morgan fingerprint density at radius 2 is 1.95 bits per heavy atom. The summed E-state index contributed by atoms with van der Waals surface area (Å²) < 4.78 is 10.0. The van der Waals surface area contributed by atoms with Crippen LogP contribution in [0.3, 0.4) is 0 Å². The minimum atomic E-state index is -1.41. The van der Waals surface area contributed by atoms with Crippen LogP contribution >= 0.6 is 0 Å². The first-order chi connectivity index (χ1) is 9.88. The third kappa shape index (κ3) is 4.37. The third-order valence-electron chi connectivity index (χ3n) is 2.66. The molecule has 0 bridgehead atoms. The first-order valence-electron chi connectivity index (χ1n) is 5.93. The fourth-order valence-corrected chi connectivity index (χ4v) is 1.63. The number of carbonyl (C=O) groups is 3. The zero-order valence-corrected chi connectivity index (χ0v) is 11.6. The van der Waals surface area contributed by atoms with Gasteiger partial charge in [0.15, 0.2) is 0 Å². The number of primary amides is 1. The lowest BCUT2D eigenvalue weighted by Crippen LogP contribution is -2.43. The van der Waals surface area contributed by atoms with Gasteiger partial charge in [-0.25, -0.2) is 4.79 Å². The highest BCUT2D eigenvalue weighted by Gasteiger charge is 2.24. The molecule has 8 heteroatoms. The van der Waals surface area contributed by atoms with E-state index in [0.717, 1.165) is 0 Å². The molecule has 0 aliphatic rings. The van der Waals surface area contributed by atoms with Gasteiger partial charge in [-0.1, -0.05) is 0 Å². The molecule has 114 valence electrons. The van der Waals surface area contributed by atoms with Crippen LogP contribution in [0.25, 0.3) is 0 Å². The summed E-state index contributed by atoms with van der Waals surface area (Å²) in [4.78, 5) is 33.9. The Hall–Kier alpha value is -2.77. The summed E-state index contributed by atoms with van der Waals surface area (Å²) >= 11 is 0. The van der Waals surface area contributed by atoms with E-state index in [0.29, 0.717) is 5.75 Å². The second kappa shape index (κ2) is 7.13. The van der Waals surface area contributed by atoms with E-state index in [-0.39, 0.29) is 11.3 Å². The summed E-state index contributed by atoms with van der Waals surface area (Å²) in [6, 6.07) is 3.09. The lowest BCUT2D eigenvalue weighted by molar-refractivity contribution is -0.140. The molecule has 1 rings (SSSR count). The van der Waals surface area contributed by atoms with Gasteiger partial charge in [0.2, 0.25) is 5.91 Å². The van der Waals surface area contributed by atoms with Gasteiger partial charge in [-0.3, -0.25) is 9.59 Å². The summed E-state index contributed by atoms with van der Waals surface area (Å²) in [5.41, 5.74) is 5.04. The van der Waals surface area contributed by atoms with Gasteiger partial charge >= 0.3 is 5.97 Å². The number of methoxy groups -OCH3 is 2. The maximum Gasteiger partial charge on any atom is 0.326 e. The SMILES string of the molecule is COc1ccc(OC)c(C(=O)N[C@H](CC(N)=O)C(=O)O)c1. The number of hydrogen-bond acceptors (Lipinski definition) is 5. The predicted molar refractivity (Wildman–Crippen MR) is 72.2 cm³/mol. The minimum Gasteiger partial charge on any atom is -0.497 e. The van der Waals surface area contributed by atoms with Gasteiger partial charge in [-0.15, -0.1) is 0 Å². The monoisotopic (exact) mass is 296 g/mol. The Kier molecular flexibility index (Phi) is 5.53. The summed E-state index contributed by atoms with van der Waals surface area (Å²) in [6.45, 7) is 0. The number of nitrogens with two attached hydrogens (primary N) is 1. The van der Waals surface area contributed by atoms with Crippen molar-refractivity contribution in [3.05, 3.63) is 23.8 Å². The molecule has 2 amide bonds. The van der Waals surface area contributed by atoms with Gasteiger partial charge in [-0.05, 0) is 18.2 Å². The Labute approximate surface area is 120 Å². The summed E-state index contributed by atoms with van der Waals surface area (Å²) in [5, 5.41) is 11.2. The second-order valence-electron chi connectivity index (χ2n) is 4.10. The topological polar surface area (TPSA) is 128 Å². The van der Waals surface area contributed by atoms with Crippen LogP contribution in [-0.2, 0) is 9.59 Å². The number of amides is 2. The highest BCUT2D eigenvalue weighted by molar-refractivity contribution is 6.00. The van der Waals surface area contributed by atoms with Crippen LogP contribution in [0.15, 0.2) is 18.2 Å². The number of nitrogens with one attached hydrogen (secondary N) is 1. The van der Waals surface area contributed by atoms with Crippen molar-refractivity contribution >= 4 is 17.8 Å². The smallest absolute Gasteiger partial charge is 0.326 e. The normalized spacial score (nSPS) is 11.3. The maximum absolute atomic E-state index is 12.1. The van der Waals surface area contributed by atoms with Crippen molar-refractivity contribution in [2.24, 2.45) is 5.73 Å². The summed E-state index contributed by atoms with van der Waals surface area (Å²) in [6.07, 6.45) is -0.507. The van der Waals surface area contributed by atoms with Crippen molar-refractivity contribution in [3.63, 3.8) is 0 Å². The molecule has 1 atom stereocenters. The van der Waals surface area contributed by atoms with Gasteiger partial charge in [-0.2, -0.15) is 0 Å². The largest absolute Gasteiger partial charge is 0.497 e. The van der Waals surface area contributed by atoms with E-state index in [1.807, 2.05) is 0 Å². The van der Waals surface area contributed by atoms with Crippen LogP contribution in [-0.4, -0.2) is 43.2 Å². The number of ether oxygens (including phenoxy) is 2. The molecule has 4 N–H and O–H groups in total. The predicted octanol–water partition coefficient (Wildman–Crippen LogP) is -0.238. The van der Waals surface area contributed by atoms with E-state index < -0.39 is 30.2 Å². The Morgan fingerprint density at radius 1 is 1.29 bits per heavy atom. The molecule has 0 aliphatic heterocycles. The standard InChI is InChI=1S/C13H16N2O6/c1-20-7-3-4-10(21-2)8(5-7)12(17)15-9(13(18)19)6-11(14)16/h3-5,9H,6H2,1-2H3,(H2,14,16)(H,15,17)(H,18,19)/t9-/m1/s1. The van der Waals surface area contributed by atoms with Gasteiger partial charge in [0, 0.05) is 0 Å². The van der Waals surface area contributed by atoms with Crippen molar-refractivity contribution in [1.29, 1.82) is 0 Å². The number of hydrogen-bond donors (Lipinski definition) is 3. The molecule has 0 saturated heterocycles. The van der Waals surface area contributed by atoms with E-state index >= 15 is 0 Å². The fraction of sp³-hybridized carbons (Fsp3) is 0.308. The van der Waals surface area contributed by atoms with Gasteiger partial charge < -0.3 is 25.6 Å². The molecule has 8 nitrogen and oxygen atoms in total. The van der Waals surface area contributed by atoms with E-state index in [2.05, 4.69) is 5.32 Å². The van der Waals surface area contributed by atoms with Crippen molar-refractivity contribution < 1.29 is 29.0 Å².